The molecule has 0 fully saturated rings. The Morgan fingerprint density at radius 2 is 2.11 bits per heavy atom. The van der Waals surface area contributed by atoms with Crippen molar-refractivity contribution in [2.75, 3.05) is 6.54 Å². The van der Waals surface area contributed by atoms with Gasteiger partial charge in [0.25, 0.3) is 0 Å². The zero-order valence-electron chi connectivity index (χ0n) is 10.6. The standard InChI is InChI=1S/C14H14Br2ClNS/c1-3-18-13(11-7-8(2)14(16)19-11)9-5-4-6-10(15)12(9)17/h4-7,13,18H,3H2,1-2H3. The molecule has 1 heterocycles. The van der Waals surface area contributed by atoms with E-state index in [1.165, 1.54) is 14.2 Å². The second kappa shape index (κ2) is 6.72. The van der Waals surface area contributed by atoms with E-state index in [1.807, 2.05) is 12.1 Å². The number of rotatable bonds is 4. The number of aryl methyl sites for hydroxylation is 1. The molecule has 0 saturated carbocycles. The Morgan fingerprint density at radius 1 is 1.37 bits per heavy atom. The molecular weight excluding hydrogens is 409 g/mol. The molecule has 0 spiro atoms. The van der Waals surface area contributed by atoms with Crippen LogP contribution in [0.4, 0.5) is 0 Å². The minimum absolute atomic E-state index is 0.130. The van der Waals surface area contributed by atoms with E-state index in [2.05, 4.69) is 63.2 Å². The number of nitrogens with one attached hydrogen (secondary N) is 1. The van der Waals surface area contributed by atoms with Gasteiger partial charge < -0.3 is 5.32 Å². The first-order valence-electron chi connectivity index (χ1n) is 5.97. The highest BCUT2D eigenvalue weighted by atomic mass is 79.9. The van der Waals surface area contributed by atoms with E-state index in [4.69, 9.17) is 11.6 Å². The monoisotopic (exact) mass is 421 g/mol. The first kappa shape index (κ1) is 15.5. The van der Waals surface area contributed by atoms with Crippen molar-refractivity contribution < 1.29 is 0 Å². The van der Waals surface area contributed by atoms with Gasteiger partial charge in [0.1, 0.15) is 0 Å². The lowest BCUT2D eigenvalue weighted by atomic mass is 10.0. The van der Waals surface area contributed by atoms with Crippen LogP contribution in [-0.2, 0) is 0 Å². The molecular formula is C14H14Br2ClNS. The predicted molar refractivity (Wildman–Crippen MR) is 91.4 cm³/mol. The summed E-state index contributed by atoms with van der Waals surface area (Å²) in [5, 5.41) is 4.28. The molecule has 19 heavy (non-hydrogen) atoms. The van der Waals surface area contributed by atoms with Gasteiger partial charge in [0, 0.05) is 9.35 Å². The average molecular weight is 424 g/mol. The number of benzene rings is 1. The minimum atomic E-state index is 0.130. The van der Waals surface area contributed by atoms with Crippen LogP contribution in [0.2, 0.25) is 5.02 Å². The van der Waals surface area contributed by atoms with Crippen LogP contribution in [0.5, 0.6) is 0 Å². The maximum absolute atomic E-state index is 6.43. The molecule has 102 valence electrons. The number of hydrogen-bond donors (Lipinski definition) is 1. The second-order valence-corrected chi connectivity index (χ2v) is 7.87. The fourth-order valence-electron chi connectivity index (χ4n) is 1.94. The van der Waals surface area contributed by atoms with Crippen LogP contribution in [0.3, 0.4) is 0 Å². The van der Waals surface area contributed by atoms with E-state index in [1.54, 1.807) is 11.3 Å². The van der Waals surface area contributed by atoms with Crippen LogP contribution in [0, 0.1) is 6.92 Å². The van der Waals surface area contributed by atoms with Crippen molar-refractivity contribution in [3.8, 4) is 0 Å². The van der Waals surface area contributed by atoms with Gasteiger partial charge in [0.2, 0.25) is 0 Å². The largest absolute Gasteiger partial charge is 0.306 e. The van der Waals surface area contributed by atoms with Crippen molar-refractivity contribution >= 4 is 54.8 Å². The van der Waals surface area contributed by atoms with Crippen LogP contribution in [0.1, 0.15) is 29.0 Å². The fourth-order valence-corrected chi connectivity index (χ4v) is 4.22. The van der Waals surface area contributed by atoms with Crippen molar-refractivity contribution in [2.24, 2.45) is 0 Å². The molecule has 0 saturated heterocycles. The summed E-state index contributed by atoms with van der Waals surface area (Å²) in [6.45, 7) is 5.10. The number of hydrogen-bond acceptors (Lipinski definition) is 2. The Labute approximate surface area is 139 Å². The third-order valence-corrected chi connectivity index (χ3v) is 6.37. The summed E-state index contributed by atoms with van der Waals surface area (Å²) >= 11 is 15.3. The molecule has 0 radical (unpaired) electrons. The first-order chi connectivity index (χ1) is 9.04. The van der Waals surface area contributed by atoms with Crippen LogP contribution in [0.25, 0.3) is 0 Å². The molecule has 0 amide bonds. The minimum Gasteiger partial charge on any atom is -0.306 e. The van der Waals surface area contributed by atoms with E-state index in [9.17, 15) is 0 Å². The Bertz CT molecular complexity index is 563. The molecule has 1 N–H and O–H groups in total. The van der Waals surface area contributed by atoms with E-state index in [0.717, 1.165) is 21.6 Å². The highest BCUT2D eigenvalue weighted by Gasteiger charge is 2.20. The summed E-state index contributed by atoms with van der Waals surface area (Å²) in [5.74, 6) is 0. The van der Waals surface area contributed by atoms with Gasteiger partial charge >= 0.3 is 0 Å². The molecule has 1 atom stereocenters. The van der Waals surface area contributed by atoms with Gasteiger partial charge in [-0.25, -0.2) is 0 Å². The smallest absolute Gasteiger partial charge is 0.0731 e. The molecule has 1 nitrogen and oxygen atoms in total. The predicted octanol–water partition coefficient (Wildman–Crippen LogP) is 5.93. The lowest BCUT2D eigenvalue weighted by Gasteiger charge is -2.19. The van der Waals surface area contributed by atoms with Gasteiger partial charge in [-0.05, 0) is 68.6 Å². The normalized spacial score (nSPS) is 12.7. The Hall–Kier alpha value is 0.130. The summed E-state index contributed by atoms with van der Waals surface area (Å²) in [7, 11) is 0. The Kier molecular flexibility index (Phi) is 5.49. The van der Waals surface area contributed by atoms with E-state index >= 15 is 0 Å². The molecule has 0 aliphatic carbocycles. The fraction of sp³-hybridized carbons (Fsp3) is 0.286. The van der Waals surface area contributed by atoms with Crippen LogP contribution in [0.15, 0.2) is 32.5 Å². The van der Waals surface area contributed by atoms with Gasteiger partial charge in [-0.2, -0.15) is 0 Å². The second-order valence-electron chi connectivity index (χ2n) is 4.24. The van der Waals surface area contributed by atoms with Crippen LogP contribution < -0.4 is 5.32 Å². The maximum atomic E-state index is 6.43. The summed E-state index contributed by atoms with van der Waals surface area (Å²) in [5.41, 5.74) is 2.36. The van der Waals surface area contributed by atoms with E-state index < -0.39 is 0 Å². The molecule has 2 rings (SSSR count). The lowest BCUT2D eigenvalue weighted by molar-refractivity contribution is 0.639. The third kappa shape index (κ3) is 3.42. The zero-order chi connectivity index (χ0) is 14.0. The summed E-state index contributed by atoms with van der Waals surface area (Å²) < 4.78 is 2.11. The average Bonchev–Trinajstić information content (AvgIpc) is 2.70. The number of thiophene rings is 1. The topological polar surface area (TPSA) is 12.0 Å². The van der Waals surface area contributed by atoms with Crippen LogP contribution in [-0.4, -0.2) is 6.54 Å². The number of halogens is 3. The van der Waals surface area contributed by atoms with Gasteiger partial charge in [0.15, 0.2) is 0 Å². The molecule has 2 aromatic rings. The molecule has 0 bridgehead atoms. The summed E-state index contributed by atoms with van der Waals surface area (Å²) in [6.07, 6.45) is 0. The highest BCUT2D eigenvalue weighted by molar-refractivity contribution is 9.11. The van der Waals surface area contributed by atoms with Crippen molar-refractivity contribution in [1.82, 2.24) is 5.32 Å². The molecule has 1 aromatic carbocycles. The SMILES string of the molecule is CCNC(c1cc(C)c(Br)s1)c1cccc(Br)c1Cl. The van der Waals surface area contributed by atoms with E-state index in [0.29, 0.717) is 0 Å². The van der Waals surface area contributed by atoms with Crippen molar-refractivity contribution in [3.05, 3.63) is 53.6 Å². The van der Waals surface area contributed by atoms with Crippen molar-refractivity contribution in [1.29, 1.82) is 0 Å². The molecule has 1 aromatic heterocycles. The molecule has 0 aliphatic heterocycles. The molecule has 1 unspecified atom stereocenters. The van der Waals surface area contributed by atoms with Gasteiger partial charge in [-0.15, -0.1) is 11.3 Å². The van der Waals surface area contributed by atoms with Gasteiger partial charge in [-0.3, -0.25) is 0 Å². The lowest BCUT2D eigenvalue weighted by Crippen LogP contribution is -2.21. The maximum Gasteiger partial charge on any atom is 0.0731 e. The third-order valence-electron chi connectivity index (χ3n) is 2.86. The zero-order valence-corrected chi connectivity index (χ0v) is 15.4. The van der Waals surface area contributed by atoms with Gasteiger partial charge in [0.05, 0.1) is 14.9 Å². The van der Waals surface area contributed by atoms with Crippen molar-refractivity contribution in [2.45, 2.75) is 19.9 Å². The Balaban J connectivity index is 2.48. The first-order valence-corrected chi connectivity index (χ1v) is 8.75. The van der Waals surface area contributed by atoms with E-state index in [-0.39, 0.29) is 6.04 Å². The Morgan fingerprint density at radius 3 is 2.68 bits per heavy atom. The quantitative estimate of drug-likeness (QED) is 0.642. The van der Waals surface area contributed by atoms with Crippen LogP contribution >= 0.6 is 54.8 Å². The van der Waals surface area contributed by atoms with Gasteiger partial charge in [-0.1, -0.05) is 30.7 Å². The molecule has 0 aliphatic rings. The summed E-state index contributed by atoms with van der Waals surface area (Å²) in [4.78, 5) is 1.27. The highest BCUT2D eigenvalue weighted by Crippen LogP contribution is 2.38. The summed E-state index contributed by atoms with van der Waals surface area (Å²) in [6, 6.07) is 8.39. The molecule has 5 heteroatoms. The van der Waals surface area contributed by atoms with Crippen molar-refractivity contribution in [3.63, 3.8) is 0 Å².